The van der Waals surface area contributed by atoms with E-state index in [0.717, 1.165) is 51.7 Å². The lowest BCUT2D eigenvalue weighted by Crippen LogP contribution is -2.54. The molecule has 1 saturated heterocycles. The third-order valence-corrected chi connectivity index (χ3v) is 4.68. The molecule has 0 unspecified atom stereocenters. The van der Waals surface area contributed by atoms with E-state index < -0.39 is 6.09 Å². The smallest absolute Gasteiger partial charge is 0.407 e. The second-order valence-electron chi connectivity index (χ2n) is 7.38. The summed E-state index contributed by atoms with van der Waals surface area (Å²) in [6, 6.07) is 1.29. The van der Waals surface area contributed by atoms with E-state index in [1.54, 1.807) is 4.90 Å². The van der Waals surface area contributed by atoms with Crippen LogP contribution in [-0.2, 0) is 4.74 Å². The molecule has 0 aromatic carbocycles. The monoisotopic (exact) mass is 298 g/mol. The highest BCUT2D eigenvalue weighted by atomic mass is 16.5. The lowest BCUT2D eigenvalue weighted by atomic mass is 9.87. The standard InChI is InChI=1S/C16H30N2O3/c1-16(2,3)18(15(19)20)14-6-4-12(5-7-14)17-13-8-10-21-11-9-13/h12-14,17H,4-11H2,1-3H3,(H,19,20)/t12-,14-. The number of hydrogen-bond donors (Lipinski definition) is 2. The van der Waals surface area contributed by atoms with E-state index in [1.165, 1.54) is 0 Å². The van der Waals surface area contributed by atoms with Crippen LogP contribution in [-0.4, -0.2) is 53.0 Å². The Hall–Kier alpha value is -0.810. The number of ether oxygens (including phenoxy) is 1. The first-order chi connectivity index (χ1) is 9.88. The summed E-state index contributed by atoms with van der Waals surface area (Å²) in [5.74, 6) is 0. The molecule has 2 fully saturated rings. The van der Waals surface area contributed by atoms with Gasteiger partial charge < -0.3 is 20.1 Å². The molecular formula is C16H30N2O3. The highest BCUT2D eigenvalue weighted by Crippen LogP contribution is 2.29. The van der Waals surface area contributed by atoms with Gasteiger partial charge in [-0.25, -0.2) is 4.79 Å². The molecule has 5 nitrogen and oxygen atoms in total. The summed E-state index contributed by atoms with van der Waals surface area (Å²) >= 11 is 0. The van der Waals surface area contributed by atoms with Crippen molar-refractivity contribution in [3.8, 4) is 0 Å². The summed E-state index contributed by atoms with van der Waals surface area (Å²) in [5, 5.41) is 13.2. The van der Waals surface area contributed by atoms with Crippen molar-refractivity contribution < 1.29 is 14.6 Å². The Morgan fingerprint density at radius 1 is 1.05 bits per heavy atom. The number of carboxylic acid groups (broad SMARTS) is 1. The average Bonchev–Trinajstić information content (AvgIpc) is 2.40. The first-order valence-electron chi connectivity index (χ1n) is 8.24. The first-order valence-corrected chi connectivity index (χ1v) is 8.24. The van der Waals surface area contributed by atoms with Crippen LogP contribution in [0, 0.1) is 0 Å². The van der Waals surface area contributed by atoms with E-state index >= 15 is 0 Å². The Morgan fingerprint density at radius 3 is 2.05 bits per heavy atom. The zero-order valence-corrected chi connectivity index (χ0v) is 13.6. The number of rotatable bonds is 3. The van der Waals surface area contributed by atoms with Gasteiger partial charge in [0, 0.05) is 36.9 Å². The number of amides is 1. The van der Waals surface area contributed by atoms with E-state index in [-0.39, 0.29) is 11.6 Å². The van der Waals surface area contributed by atoms with Gasteiger partial charge in [-0.3, -0.25) is 0 Å². The zero-order chi connectivity index (χ0) is 15.5. The van der Waals surface area contributed by atoms with Crippen molar-refractivity contribution in [3.05, 3.63) is 0 Å². The molecule has 2 rings (SSSR count). The van der Waals surface area contributed by atoms with Gasteiger partial charge in [0.15, 0.2) is 0 Å². The minimum absolute atomic E-state index is 0.162. The second-order valence-corrected chi connectivity index (χ2v) is 7.38. The number of nitrogens with zero attached hydrogens (tertiary/aromatic N) is 1. The molecule has 0 spiro atoms. The van der Waals surface area contributed by atoms with Gasteiger partial charge in [0.05, 0.1) is 0 Å². The predicted octanol–water partition coefficient (Wildman–Crippen LogP) is 2.84. The third-order valence-electron chi connectivity index (χ3n) is 4.68. The molecule has 2 aliphatic rings. The molecule has 0 bridgehead atoms. The highest BCUT2D eigenvalue weighted by Gasteiger charge is 2.35. The lowest BCUT2D eigenvalue weighted by molar-refractivity contribution is 0.0473. The first kappa shape index (κ1) is 16.6. The minimum atomic E-state index is -0.789. The molecule has 21 heavy (non-hydrogen) atoms. The van der Waals surface area contributed by atoms with Crippen LogP contribution in [0.3, 0.4) is 0 Å². The average molecular weight is 298 g/mol. The van der Waals surface area contributed by atoms with Crippen molar-refractivity contribution in [1.82, 2.24) is 10.2 Å². The molecule has 0 radical (unpaired) electrons. The van der Waals surface area contributed by atoms with Gasteiger partial charge in [-0.05, 0) is 59.3 Å². The van der Waals surface area contributed by atoms with Crippen LogP contribution < -0.4 is 5.32 Å². The van der Waals surface area contributed by atoms with Gasteiger partial charge in [-0.2, -0.15) is 0 Å². The van der Waals surface area contributed by atoms with Gasteiger partial charge in [0.25, 0.3) is 0 Å². The molecule has 0 aromatic heterocycles. The Labute approximate surface area is 128 Å². The van der Waals surface area contributed by atoms with Gasteiger partial charge in [-0.15, -0.1) is 0 Å². The molecule has 1 heterocycles. The van der Waals surface area contributed by atoms with Crippen LogP contribution in [0.2, 0.25) is 0 Å². The Balaban J connectivity index is 1.83. The summed E-state index contributed by atoms with van der Waals surface area (Å²) in [4.78, 5) is 13.2. The van der Waals surface area contributed by atoms with Gasteiger partial charge in [-0.1, -0.05) is 0 Å². The fraction of sp³-hybridized carbons (Fsp3) is 0.938. The highest BCUT2D eigenvalue weighted by molar-refractivity contribution is 5.66. The van der Waals surface area contributed by atoms with Crippen LogP contribution in [0.15, 0.2) is 0 Å². The normalized spacial score (nSPS) is 28.3. The molecular weight excluding hydrogens is 268 g/mol. The number of carbonyl (C=O) groups is 1. The summed E-state index contributed by atoms with van der Waals surface area (Å²) in [7, 11) is 0. The quantitative estimate of drug-likeness (QED) is 0.841. The molecule has 0 atom stereocenters. The fourth-order valence-electron chi connectivity index (χ4n) is 3.69. The number of hydrogen-bond acceptors (Lipinski definition) is 3. The van der Waals surface area contributed by atoms with Crippen LogP contribution in [0.1, 0.15) is 59.3 Å². The summed E-state index contributed by atoms with van der Waals surface area (Å²) in [5.41, 5.74) is -0.322. The maximum atomic E-state index is 11.5. The van der Waals surface area contributed by atoms with Crippen LogP contribution in [0.4, 0.5) is 4.79 Å². The van der Waals surface area contributed by atoms with Crippen molar-refractivity contribution in [3.63, 3.8) is 0 Å². The summed E-state index contributed by atoms with van der Waals surface area (Å²) in [6.07, 6.45) is 5.48. The SMILES string of the molecule is CC(C)(C)N(C(=O)O)[C@H]1CC[C@H](NC2CCOCC2)CC1. The van der Waals surface area contributed by atoms with Crippen molar-refractivity contribution >= 4 is 6.09 Å². The summed E-state index contributed by atoms with van der Waals surface area (Å²) in [6.45, 7) is 7.67. The van der Waals surface area contributed by atoms with E-state index in [1.807, 2.05) is 20.8 Å². The molecule has 2 N–H and O–H groups in total. The zero-order valence-electron chi connectivity index (χ0n) is 13.6. The topological polar surface area (TPSA) is 61.8 Å². The molecule has 1 aliphatic carbocycles. The molecule has 0 aromatic rings. The van der Waals surface area contributed by atoms with E-state index in [9.17, 15) is 9.90 Å². The Kier molecular flexibility index (Phi) is 5.49. The van der Waals surface area contributed by atoms with Crippen LogP contribution in [0.25, 0.3) is 0 Å². The van der Waals surface area contributed by atoms with Crippen LogP contribution in [0.5, 0.6) is 0 Å². The molecule has 1 saturated carbocycles. The largest absolute Gasteiger partial charge is 0.465 e. The maximum Gasteiger partial charge on any atom is 0.407 e. The van der Waals surface area contributed by atoms with Crippen molar-refractivity contribution in [2.75, 3.05) is 13.2 Å². The third kappa shape index (κ3) is 4.58. The van der Waals surface area contributed by atoms with Gasteiger partial charge in [0.2, 0.25) is 0 Å². The lowest BCUT2D eigenvalue weighted by Gasteiger charge is -2.43. The predicted molar refractivity (Wildman–Crippen MR) is 82.6 cm³/mol. The molecule has 1 aliphatic heterocycles. The fourth-order valence-corrected chi connectivity index (χ4v) is 3.69. The maximum absolute atomic E-state index is 11.5. The van der Waals surface area contributed by atoms with E-state index in [4.69, 9.17) is 4.74 Å². The van der Waals surface area contributed by atoms with E-state index in [2.05, 4.69) is 5.32 Å². The Morgan fingerprint density at radius 2 is 1.57 bits per heavy atom. The second kappa shape index (κ2) is 6.97. The number of nitrogens with one attached hydrogen (secondary N) is 1. The van der Waals surface area contributed by atoms with Gasteiger partial charge in [0.1, 0.15) is 0 Å². The van der Waals surface area contributed by atoms with Gasteiger partial charge >= 0.3 is 6.09 Å². The summed E-state index contributed by atoms with van der Waals surface area (Å²) < 4.78 is 5.39. The molecule has 1 amide bonds. The molecule has 122 valence electrons. The Bertz CT molecular complexity index is 340. The van der Waals surface area contributed by atoms with Crippen molar-refractivity contribution in [1.29, 1.82) is 0 Å². The minimum Gasteiger partial charge on any atom is -0.465 e. The van der Waals surface area contributed by atoms with Crippen LogP contribution >= 0.6 is 0 Å². The van der Waals surface area contributed by atoms with Crippen molar-refractivity contribution in [2.45, 2.75) is 83.0 Å². The molecule has 5 heteroatoms. The van der Waals surface area contributed by atoms with E-state index in [0.29, 0.717) is 12.1 Å². The van der Waals surface area contributed by atoms with Crippen molar-refractivity contribution in [2.24, 2.45) is 0 Å².